The van der Waals surface area contributed by atoms with Crippen LogP contribution < -0.4 is 5.73 Å². The van der Waals surface area contributed by atoms with Gasteiger partial charge in [0.2, 0.25) is 11.6 Å². The zero-order chi connectivity index (χ0) is 11.8. The SMILES string of the molecule is Cc1ccnc2oc(-c3ccc(N)cc3)nc12. The number of hydrogen-bond acceptors (Lipinski definition) is 4. The van der Waals surface area contributed by atoms with Gasteiger partial charge in [0.1, 0.15) is 5.52 Å². The first-order chi connectivity index (χ1) is 8.24. The van der Waals surface area contributed by atoms with Crippen molar-refractivity contribution in [3.63, 3.8) is 0 Å². The maximum atomic E-state index is 5.64. The topological polar surface area (TPSA) is 64.9 Å². The molecule has 0 fully saturated rings. The number of hydrogen-bond donors (Lipinski definition) is 1. The number of fused-ring (bicyclic) bond motifs is 1. The predicted octanol–water partition coefficient (Wildman–Crippen LogP) is 2.78. The van der Waals surface area contributed by atoms with Crippen molar-refractivity contribution >= 4 is 16.9 Å². The fraction of sp³-hybridized carbons (Fsp3) is 0.0769. The van der Waals surface area contributed by atoms with Crippen molar-refractivity contribution in [2.45, 2.75) is 6.92 Å². The van der Waals surface area contributed by atoms with Gasteiger partial charge in [-0.15, -0.1) is 0 Å². The average molecular weight is 225 g/mol. The molecule has 4 nitrogen and oxygen atoms in total. The van der Waals surface area contributed by atoms with Crippen LogP contribution in [0.25, 0.3) is 22.7 Å². The Hall–Kier alpha value is -2.36. The number of nitrogens with zero attached hydrogens (tertiary/aromatic N) is 2. The Morgan fingerprint density at radius 3 is 2.59 bits per heavy atom. The van der Waals surface area contributed by atoms with Crippen molar-refractivity contribution in [3.8, 4) is 11.5 Å². The molecule has 0 saturated heterocycles. The Morgan fingerprint density at radius 1 is 1.12 bits per heavy atom. The number of nitrogen functional groups attached to an aromatic ring is 1. The number of aryl methyl sites for hydroxylation is 1. The number of aromatic nitrogens is 2. The van der Waals surface area contributed by atoms with Crippen molar-refractivity contribution in [1.82, 2.24) is 9.97 Å². The van der Waals surface area contributed by atoms with Crippen LogP contribution in [0.3, 0.4) is 0 Å². The molecule has 1 aromatic carbocycles. The molecule has 0 saturated carbocycles. The minimum atomic E-state index is 0.567. The lowest BCUT2D eigenvalue weighted by atomic mass is 10.2. The number of benzene rings is 1. The molecular weight excluding hydrogens is 214 g/mol. The van der Waals surface area contributed by atoms with Gasteiger partial charge in [0.05, 0.1) is 0 Å². The Morgan fingerprint density at radius 2 is 1.88 bits per heavy atom. The van der Waals surface area contributed by atoms with Crippen LogP contribution in [-0.2, 0) is 0 Å². The van der Waals surface area contributed by atoms with Gasteiger partial charge >= 0.3 is 0 Å². The molecule has 17 heavy (non-hydrogen) atoms. The first-order valence-corrected chi connectivity index (χ1v) is 5.32. The van der Waals surface area contributed by atoms with Crippen LogP contribution in [-0.4, -0.2) is 9.97 Å². The summed E-state index contributed by atoms with van der Waals surface area (Å²) in [6, 6.07) is 9.33. The maximum absolute atomic E-state index is 5.64. The van der Waals surface area contributed by atoms with E-state index in [1.807, 2.05) is 37.3 Å². The van der Waals surface area contributed by atoms with Crippen molar-refractivity contribution in [2.75, 3.05) is 5.73 Å². The van der Waals surface area contributed by atoms with Gasteiger partial charge in [-0.3, -0.25) is 0 Å². The zero-order valence-electron chi connectivity index (χ0n) is 9.34. The lowest BCUT2D eigenvalue weighted by Gasteiger charge is -1.95. The molecular formula is C13H11N3O. The minimum absolute atomic E-state index is 0.567. The Labute approximate surface area is 98.1 Å². The fourth-order valence-electron chi connectivity index (χ4n) is 1.70. The molecule has 0 amide bonds. The minimum Gasteiger partial charge on any atom is -0.418 e. The van der Waals surface area contributed by atoms with E-state index in [-0.39, 0.29) is 0 Å². The largest absolute Gasteiger partial charge is 0.418 e. The number of oxazole rings is 1. The normalized spacial score (nSPS) is 10.9. The summed E-state index contributed by atoms with van der Waals surface area (Å²) >= 11 is 0. The lowest BCUT2D eigenvalue weighted by Crippen LogP contribution is -1.83. The second kappa shape index (κ2) is 3.59. The third-order valence-corrected chi connectivity index (χ3v) is 2.66. The highest BCUT2D eigenvalue weighted by molar-refractivity contribution is 5.75. The molecule has 0 bridgehead atoms. The maximum Gasteiger partial charge on any atom is 0.247 e. The number of anilines is 1. The highest BCUT2D eigenvalue weighted by Crippen LogP contribution is 2.25. The molecule has 2 N–H and O–H groups in total. The van der Waals surface area contributed by atoms with Gasteiger partial charge < -0.3 is 10.2 Å². The third-order valence-electron chi connectivity index (χ3n) is 2.66. The summed E-state index contributed by atoms with van der Waals surface area (Å²) < 4.78 is 5.61. The molecule has 0 atom stereocenters. The zero-order valence-corrected chi connectivity index (χ0v) is 9.34. The van der Waals surface area contributed by atoms with Crippen LogP contribution in [0.4, 0.5) is 5.69 Å². The van der Waals surface area contributed by atoms with Gasteiger partial charge in [-0.05, 0) is 42.8 Å². The van der Waals surface area contributed by atoms with E-state index in [9.17, 15) is 0 Å². The molecule has 2 aromatic heterocycles. The van der Waals surface area contributed by atoms with E-state index >= 15 is 0 Å². The summed E-state index contributed by atoms with van der Waals surface area (Å²) in [7, 11) is 0. The quantitative estimate of drug-likeness (QED) is 0.647. The monoisotopic (exact) mass is 225 g/mol. The first kappa shape index (κ1) is 9.84. The van der Waals surface area contributed by atoms with E-state index in [4.69, 9.17) is 10.2 Å². The number of nitrogens with two attached hydrogens (primary N) is 1. The molecule has 3 rings (SSSR count). The third kappa shape index (κ3) is 1.63. The Balaban J connectivity index is 2.18. The van der Waals surface area contributed by atoms with Gasteiger partial charge in [0.15, 0.2) is 0 Å². The van der Waals surface area contributed by atoms with Gasteiger partial charge in [0, 0.05) is 17.4 Å². The van der Waals surface area contributed by atoms with E-state index in [0.717, 1.165) is 22.3 Å². The Bertz CT molecular complexity index is 671. The molecule has 4 heteroatoms. The first-order valence-electron chi connectivity index (χ1n) is 5.32. The van der Waals surface area contributed by atoms with E-state index in [1.165, 1.54) is 0 Å². The van der Waals surface area contributed by atoms with E-state index in [2.05, 4.69) is 9.97 Å². The molecule has 2 heterocycles. The van der Waals surface area contributed by atoms with Crippen molar-refractivity contribution in [1.29, 1.82) is 0 Å². The van der Waals surface area contributed by atoms with Crippen LogP contribution >= 0.6 is 0 Å². The molecule has 0 aliphatic carbocycles. The summed E-state index contributed by atoms with van der Waals surface area (Å²) in [6.45, 7) is 1.99. The van der Waals surface area contributed by atoms with Gasteiger partial charge in [-0.2, -0.15) is 0 Å². The van der Waals surface area contributed by atoms with E-state index < -0.39 is 0 Å². The summed E-state index contributed by atoms with van der Waals surface area (Å²) in [5, 5.41) is 0. The standard InChI is InChI=1S/C13H11N3O/c1-8-6-7-15-13-11(8)16-12(17-13)9-2-4-10(14)5-3-9/h2-7H,14H2,1H3. The predicted molar refractivity (Wildman–Crippen MR) is 66.4 cm³/mol. The molecule has 3 aromatic rings. The van der Waals surface area contributed by atoms with E-state index in [1.54, 1.807) is 6.20 Å². The van der Waals surface area contributed by atoms with Crippen LogP contribution in [0, 0.1) is 6.92 Å². The second-order valence-electron chi connectivity index (χ2n) is 3.92. The summed E-state index contributed by atoms with van der Waals surface area (Å²) in [4.78, 5) is 8.59. The van der Waals surface area contributed by atoms with Gasteiger partial charge in [-0.25, -0.2) is 9.97 Å². The average Bonchev–Trinajstić information content (AvgIpc) is 2.75. The van der Waals surface area contributed by atoms with Crippen LogP contribution in [0.1, 0.15) is 5.56 Å². The summed E-state index contributed by atoms with van der Waals surface area (Å²) in [5.74, 6) is 0.571. The second-order valence-corrected chi connectivity index (χ2v) is 3.92. The molecule has 84 valence electrons. The summed E-state index contributed by atoms with van der Waals surface area (Å²) in [6.07, 6.45) is 1.72. The fourth-order valence-corrected chi connectivity index (χ4v) is 1.70. The van der Waals surface area contributed by atoms with Crippen LogP contribution in [0.5, 0.6) is 0 Å². The smallest absolute Gasteiger partial charge is 0.247 e. The van der Waals surface area contributed by atoms with Gasteiger partial charge in [-0.1, -0.05) is 0 Å². The van der Waals surface area contributed by atoms with Gasteiger partial charge in [0.25, 0.3) is 0 Å². The molecule has 0 aliphatic heterocycles. The summed E-state index contributed by atoms with van der Waals surface area (Å²) in [5.41, 5.74) is 9.69. The van der Waals surface area contributed by atoms with Crippen molar-refractivity contribution in [3.05, 3.63) is 42.1 Å². The van der Waals surface area contributed by atoms with Crippen LogP contribution in [0.15, 0.2) is 40.9 Å². The molecule has 0 spiro atoms. The van der Waals surface area contributed by atoms with Crippen molar-refractivity contribution in [2.24, 2.45) is 0 Å². The van der Waals surface area contributed by atoms with Crippen molar-refractivity contribution < 1.29 is 4.42 Å². The van der Waals surface area contributed by atoms with E-state index in [0.29, 0.717) is 11.6 Å². The lowest BCUT2D eigenvalue weighted by molar-refractivity contribution is 0.608. The molecule has 0 radical (unpaired) electrons. The highest BCUT2D eigenvalue weighted by atomic mass is 16.4. The number of rotatable bonds is 1. The highest BCUT2D eigenvalue weighted by Gasteiger charge is 2.10. The number of pyridine rings is 1. The molecule has 0 aliphatic rings. The Kier molecular flexibility index (Phi) is 2.08. The van der Waals surface area contributed by atoms with Crippen LogP contribution in [0.2, 0.25) is 0 Å². The molecule has 0 unspecified atom stereocenters.